The molecule has 1 amide bonds. The molecule has 21 heavy (non-hydrogen) atoms. The van der Waals surface area contributed by atoms with Crippen molar-refractivity contribution in [3.63, 3.8) is 0 Å². The van der Waals surface area contributed by atoms with Crippen molar-refractivity contribution in [2.45, 2.75) is 20.0 Å². The third-order valence-electron chi connectivity index (χ3n) is 2.53. The first kappa shape index (κ1) is 17.0. The van der Waals surface area contributed by atoms with Crippen molar-refractivity contribution in [1.29, 1.82) is 0 Å². The van der Waals surface area contributed by atoms with Crippen molar-refractivity contribution < 1.29 is 19.1 Å². The van der Waals surface area contributed by atoms with Crippen molar-refractivity contribution >= 4 is 23.5 Å². The maximum Gasteiger partial charge on any atom is 0.344 e. The second kappa shape index (κ2) is 8.32. The van der Waals surface area contributed by atoms with E-state index >= 15 is 0 Å². The summed E-state index contributed by atoms with van der Waals surface area (Å²) < 4.78 is 10.2. The second-order valence-electron chi connectivity index (χ2n) is 4.39. The zero-order valence-corrected chi connectivity index (χ0v) is 12.8. The molecular formula is C15H18ClNO4. The molecule has 0 aliphatic heterocycles. The Morgan fingerprint density at radius 2 is 2.19 bits per heavy atom. The predicted octanol–water partition coefficient (Wildman–Crippen LogP) is 2.26. The van der Waals surface area contributed by atoms with Gasteiger partial charge in [-0.2, -0.15) is 0 Å². The fourth-order valence-corrected chi connectivity index (χ4v) is 1.63. The molecule has 0 heterocycles. The monoisotopic (exact) mass is 311 g/mol. The minimum absolute atomic E-state index is 0.316. The van der Waals surface area contributed by atoms with E-state index in [1.54, 1.807) is 12.1 Å². The van der Waals surface area contributed by atoms with E-state index in [1.807, 2.05) is 13.0 Å². The summed E-state index contributed by atoms with van der Waals surface area (Å²) in [5, 5.41) is 2.94. The first-order valence-corrected chi connectivity index (χ1v) is 6.79. The number of hydrogen-bond donors (Lipinski definition) is 1. The number of aryl methyl sites for hydroxylation is 1. The van der Waals surface area contributed by atoms with E-state index in [0.29, 0.717) is 17.3 Å². The Balaban J connectivity index is 2.45. The van der Waals surface area contributed by atoms with Crippen molar-refractivity contribution in [3.8, 4) is 5.75 Å². The maximum atomic E-state index is 11.6. The number of nitrogens with one attached hydrogen (secondary N) is 1. The lowest BCUT2D eigenvalue weighted by molar-refractivity contribution is -0.156. The Morgan fingerprint density at radius 1 is 1.48 bits per heavy atom. The van der Waals surface area contributed by atoms with Crippen LogP contribution < -0.4 is 10.1 Å². The quantitative estimate of drug-likeness (QED) is 0.619. The number of esters is 1. The van der Waals surface area contributed by atoms with E-state index in [2.05, 4.69) is 11.9 Å². The summed E-state index contributed by atoms with van der Waals surface area (Å²) in [7, 11) is 0. The third-order valence-corrected chi connectivity index (χ3v) is 2.84. The molecule has 0 aliphatic carbocycles. The van der Waals surface area contributed by atoms with Gasteiger partial charge in [-0.3, -0.25) is 4.79 Å². The van der Waals surface area contributed by atoms with E-state index in [1.165, 1.54) is 13.0 Å². The van der Waals surface area contributed by atoms with Crippen LogP contribution >= 0.6 is 11.6 Å². The number of rotatable bonds is 7. The van der Waals surface area contributed by atoms with Gasteiger partial charge in [-0.1, -0.05) is 23.7 Å². The number of hydrogen-bond acceptors (Lipinski definition) is 4. The van der Waals surface area contributed by atoms with Crippen LogP contribution in [-0.2, 0) is 14.3 Å². The lowest BCUT2D eigenvalue weighted by Crippen LogP contribution is -2.36. The molecule has 114 valence electrons. The van der Waals surface area contributed by atoms with Crippen molar-refractivity contribution in [2.24, 2.45) is 0 Å². The number of halogens is 1. The maximum absolute atomic E-state index is 11.6. The van der Waals surface area contributed by atoms with Crippen LogP contribution in [0.2, 0.25) is 5.02 Å². The third kappa shape index (κ3) is 5.87. The molecule has 6 heteroatoms. The van der Waals surface area contributed by atoms with Crippen LogP contribution in [0.5, 0.6) is 5.75 Å². The Hall–Kier alpha value is -2.01. The van der Waals surface area contributed by atoms with E-state index in [4.69, 9.17) is 21.1 Å². The highest BCUT2D eigenvalue weighted by atomic mass is 35.5. The highest BCUT2D eigenvalue weighted by Gasteiger charge is 2.17. The molecule has 1 N–H and O–H groups in total. The van der Waals surface area contributed by atoms with E-state index < -0.39 is 18.0 Å². The van der Waals surface area contributed by atoms with Crippen molar-refractivity contribution in [3.05, 3.63) is 41.4 Å². The number of amides is 1. The highest BCUT2D eigenvalue weighted by Crippen LogP contribution is 2.25. The van der Waals surface area contributed by atoms with E-state index in [0.717, 1.165) is 5.56 Å². The SMILES string of the molecule is C=CCNC(=O)[C@@H](C)OC(=O)COc1cc(C)ccc1Cl. The molecule has 1 aromatic rings. The Labute approximate surface area is 128 Å². The van der Waals surface area contributed by atoms with Crippen LogP contribution in [0, 0.1) is 6.92 Å². The molecule has 0 unspecified atom stereocenters. The Morgan fingerprint density at radius 3 is 2.86 bits per heavy atom. The average Bonchev–Trinajstić information content (AvgIpc) is 2.45. The summed E-state index contributed by atoms with van der Waals surface area (Å²) in [5.41, 5.74) is 0.958. The minimum Gasteiger partial charge on any atom is -0.480 e. The first-order chi connectivity index (χ1) is 9.93. The average molecular weight is 312 g/mol. The van der Waals surface area contributed by atoms with E-state index in [-0.39, 0.29) is 6.61 Å². The Kier molecular flexibility index (Phi) is 6.75. The fraction of sp³-hybridized carbons (Fsp3) is 0.333. The first-order valence-electron chi connectivity index (χ1n) is 6.41. The number of benzene rings is 1. The predicted molar refractivity (Wildman–Crippen MR) is 80.4 cm³/mol. The van der Waals surface area contributed by atoms with Gasteiger partial charge in [-0.25, -0.2) is 4.79 Å². The fourth-order valence-electron chi connectivity index (χ4n) is 1.46. The van der Waals surface area contributed by atoms with Crippen LogP contribution in [-0.4, -0.2) is 31.1 Å². The zero-order valence-electron chi connectivity index (χ0n) is 12.0. The standard InChI is InChI=1S/C15H18ClNO4/c1-4-7-17-15(19)11(3)21-14(18)9-20-13-8-10(2)5-6-12(13)16/h4-6,8,11H,1,7,9H2,2-3H3,(H,17,19)/t11-/m1/s1. The highest BCUT2D eigenvalue weighted by molar-refractivity contribution is 6.32. The molecule has 0 saturated heterocycles. The van der Waals surface area contributed by atoms with Gasteiger partial charge in [-0.05, 0) is 31.5 Å². The molecule has 0 saturated carbocycles. The van der Waals surface area contributed by atoms with Gasteiger partial charge in [-0.15, -0.1) is 6.58 Å². The van der Waals surface area contributed by atoms with Gasteiger partial charge < -0.3 is 14.8 Å². The molecular weight excluding hydrogens is 294 g/mol. The van der Waals surface area contributed by atoms with E-state index in [9.17, 15) is 9.59 Å². The summed E-state index contributed by atoms with van der Waals surface area (Å²) in [4.78, 5) is 23.1. The van der Waals surface area contributed by atoms with Crippen molar-refractivity contribution in [2.75, 3.05) is 13.2 Å². The van der Waals surface area contributed by atoms with Gasteiger partial charge in [0.05, 0.1) is 5.02 Å². The summed E-state index contributed by atoms with van der Waals surface area (Å²) in [5.74, 6) is -0.636. The molecule has 0 spiro atoms. The van der Waals surface area contributed by atoms with Gasteiger partial charge in [0.2, 0.25) is 0 Å². The molecule has 0 aliphatic rings. The Bertz CT molecular complexity index is 530. The summed E-state index contributed by atoms with van der Waals surface area (Å²) in [6.45, 7) is 6.84. The summed E-state index contributed by atoms with van der Waals surface area (Å²) in [6, 6.07) is 5.23. The molecule has 0 radical (unpaired) electrons. The number of carbonyl (C=O) groups is 2. The molecule has 0 aromatic heterocycles. The molecule has 5 nitrogen and oxygen atoms in total. The lowest BCUT2D eigenvalue weighted by Gasteiger charge is -2.13. The van der Waals surface area contributed by atoms with Crippen LogP contribution in [0.1, 0.15) is 12.5 Å². The molecule has 0 fully saturated rings. The minimum atomic E-state index is -0.894. The second-order valence-corrected chi connectivity index (χ2v) is 4.80. The van der Waals surface area contributed by atoms with Crippen LogP contribution in [0.15, 0.2) is 30.9 Å². The van der Waals surface area contributed by atoms with Crippen molar-refractivity contribution in [1.82, 2.24) is 5.32 Å². The number of ether oxygens (including phenoxy) is 2. The van der Waals surface area contributed by atoms with Crippen LogP contribution in [0.3, 0.4) is 0 Å². The van der Waals surface area contributed by atoms with Gasteiger partial charge >= 0.3 is 5.97 Å². The zero-order chi connectivity index (χ0) is 15.8. The van der Waals surface area contributed by atoms with Gasteiger partial charge in [0.1, 0.15) is 5.75 Å². The number of carbonyl (C=O) groups excluding carboxylic acids is 2. The molecule has 1 atom stereocenters. The smallest absolute Gasteiger partial charge is 0.344 e. The van der Waals surface area contributed by atoms with Gasteiger partial charge in [0.15, 0.2) is 12.7 Å². The van der Waals surface area contributed by atoms with Gasteiger partial charge in [0, 0.05) is 6.54 Å². The molecule has 1 rings (SSSR count). The van der Waals surface area contributed by atoms with Crippen LogP contribution in [0.25, 0.3) is 0 Å². The normalized spacial score (nSPS) is 11.4. The lowest BCUT2D eigenvalue weighted by atomic mass is 10.2. The largest absolute Gasteiger partial charge is 0.480 e. The summed E-state index contributed by atoms with van der Waals surface area (Å²) >= 11 is 5.94. The van der Waals surface area contributed by atoms with Gasteiger partial charge in [0.25, 0.3) is 5.91 Å². The van der Waals surface area contributed by atoms with Crippen LogP contribution in [0.4, 0.5) is 0 Å². The molecule has 1 aromatic carbocycles. The molecule has 0 bridgehead atoms. The summed E-state index contributed by atoms with van der Waals surface area (Å²) in [6.07, 6.45) is 0.643. The topological polar surface area (TPSA) is 64.6 Å².